The molecule has 3 atom stereocenters. The van der Waals surface area contributed by atoms with Gasteiger partial charge in [-0.1, -0.05) is 42.5 Å². The van der Waals surface area contributed by atoms with Crippen LogP contribution in [-0.2, 0) is 20.7 Å². The molecule has 1 fully saturated rings. The van der Waals surface area contributed by atoms with Gasteiger partial charge in [0.2, 0.25) is 0 Å². The lowest BCUT2D eigenvalue weighted by atomic mass is 9.84. The Balaban J connectivity index is 1.84. The van der Waals surface area contributed by atoms with Crippen LogP contribution in [-0.4, -0.2) is 33.4 Å². The van der Waals surface area contributed by atoms with E-state index in [4.69, 9.17) is 18.9 Å². The largest absolute Gasteiger partial charge is 0.493 e. The highest BCUT2D eigenvalue weighted by Crippen LogP contribution is 2.42. The van der Waals surface area contributed by atoms with Crippen molar-refractivity contribution in [2.75, 3.05) is 27.4 Å². The molecule has 5 nitrogen and oxygen atoms in total. The molecular formula is C25H30O5. The van der Waals surface area contributed by atoms with Gasteiger partial charge >= 0.3 is 5.97 Å². The standard InChI is InChI=1S/C25H30O5/c1-5-17(2)25(26)30-16-21-20(13-18-9-7-6-8-10-18)15-29-24(21)19-11-12-22(27-3)23(14-19)28-4/h5-12,14,20-21,24H,13,15-16H2,1-4H3/t20-,21-,24+/m0/s1. The summed E-state index contributed by atoms with van der Waals surface area (Å²) < 4.78 is 22.7. The van der Waals surface area contributed by atoms with E-state index in [0.29, 0.717) is 30.3 Å². The summed E-state index contributed by atoms with van der Waals surface area (Å²) in [4.78, 5) is 12.3. The summed E-state index contributed by atoms with van der Waals surface area (Å²) in [7, 11) is 3.24. The lowest BCUT2D eigenvalue weighted by Gasteiger charge is -2.24. The van der Waals surface area contributed by atoms with Gasteiger partial charge in [-0.2, -0.15) is 0 Å². The summed E-state index contributed by atoms with van der Waals surface area (Å²) in [5.74, 6) is 1.33. The molecule has 0 amide bonds. The van der Waals surface area contributed by atoms with Gasteiger partial charge in [0.25, 0.3) is 0 Å². The number of esters is 1. The molecule has 1 heterocycles. The minimum atomic E-state index is -0.283. The molecule has 2 aromatic carbocycles. The van der Waals surface area contributed by atoms with Gasteiger partial charge in [0.1, 0.15) is 0 Å². The topological polar surface area (TPSA) is 54.0 Å². The van der Waals surface area contributed by atoms with Gasteiger partial charge in [0, 0.05) is 11.5 Å². The van der Waals surface area contributed by atoms with Crippen LogP contribution in [0.3, 0.4) is 0 Å². The molecule has 0 unspecified atom stereocenters. The predicted molar refractivity (Wildman–Crippen MR) is 116 cm³/mol. The maximum absolute atomic E-state index is 12.3. The maximum Gasteiger partial charge on any atom is 0.333 e. The normalized spacial score (nSPS) is 21.3. The number of carbonyl (C=O) groups excluding carboxylic acids is 1. The van der Waals surface area contributed by atoms with Crippen molar-refractivity contribution >= 4 is 5.97 Å². The van der Waals surface area contributed by atoms with Crippen LogP contribution in [0, 0.1) is 11.8 Å². The molecule has 2 aromatic rings. The van der Waals surface area contributed by atoms with Crippen molar-refractivity contribution in [3.63, 3.8) is 0 Å². The van der Waals surface area contributed by atoms with E-state index in [2.05, 4.69) is 12.1 Å². The molecule has 1 aliphatic heterocycles. The number of rotatable bonds is 8. The molecule has 1 aliphatic rings. The van der Waals surface area contributed by atoms with Crippen LogP contribution in [0.15, 0.2) is 60.2 Å². The van der Waals surface area contributed by atoms with Crippen molar-refractivity contribution in [1.29, 1.82) is 0 Å². The van der Waals surface area contributed by atoms with Crippen molar-refractivity contribution < 1.29 is 23.7 Å². The highest BCUT2D eigenvalue weighted by Gasteiger charge is 2.39. The molecule has 0 N–H and O–H groups in total. The first-order chi connectivity index (χ1) is 14.6. The SMILES string of the molecule is CC=C(C)C(=O)OC[C@H]1[C@@H](Cc2ccccc2)CO[C@@H]1c1ccc(OC)c(OC)c1. The molecule has 0 aromatic heterocycles. The van der Waals surface area contributed by atoms with Crippen molar-refractivity contribution in [3.8, 4) is 11.5 Å². The number of hydrogen-bond donors (Lipinski definition) is 0. The molecule has 0 bridgehead atoms. The van der Waals surface area contributed by atoms with Gasteiger partial charge in [-0.05, 0) is 49.4 Å². The van der Waals surface area contributed by atoms with Crippen LogP contribution in [0.4, 0.5) is 0 Å². The monoisotopic (exact) mass is 410 g/mol. The van der Waals surface area contributed by atoms with E-state index in [1.165, 1.54) is 5.56 Å². The first kappa shape index (κ1) is 21.9. The second-order valence-corrected chi connectivity index (χ2v) is 7.55. The van der Waals surface area contributed by atoms with E-state index in [9.17, 15) is 4.79 Å². The molecule has 5 heteroatoms. The molecule has 30 heavy (non-hydrogen) atoms. The highest BCUT2D eigenvalue weighted by atomic mass is 16.5. The summed E-state index contributed by atoms with van der Waals surface area (Å²) in [5, 5.41) is 0. The summed E-state index contributed by atoms with van der Waals surface area (Å²) in [6.07, 6.45) is 2.45. The fourth-order valence-corrected chi connectivity index (χ4v) is 3.85. The fourth-order valence-electron chi connectivity index (χ4n) is 3.85. The Morgan fingerprint density at radius 3 is 2.50 bits per heavy atom. The molecule has 0 aliphatic carbocycles. The zero-order valence-corrected chi connectivity index (χ0v) is 18.1. The van der Waals surface area contributed by atoms with Crippen LogP contribution >= 0.6 is 0 Å². The zero-order chi connectivity index (χ0) is 21.5. The Morgan fingerprint density at radius 1 is 1.10 bits per heavy atom. The summed E-state index contributed by atoms with van der Waals surface area (Å²) >= 11 is 0. The number of hydrogen-bond acceptors (Lipinski definition) is 5. The maximum atomic E-state index is 12.3. The molecule has 0 saturated carbocycles. The minimum absolute atomic E-state index is 0.0388. The van der Waals surface area contributed by atoms with E-state index < -0.39 is 0 Å². The first-order valence-electron chi connectivity index (χ1n) is 10.2. The number of methoxy groups -OCH3 is 2. The Morgan fingerprint density at radius 2 is 1.83 bits per heavy atom. The second kappa shape index (κ2) is 10.3. The molecular weight excluding hydrogens is 380 g/mol. The van der Waals surface area contributed by atoms with Gasteiger partial charge in [-0.25, -0.2) is 4.79 Å². The quantitative estimate of drug-likeness (QED) is 0.464. The van der Waals surface area contributed by atoms with Crippen molar-refractivity contribution in [3.05, 3.63) is 71.3 Å². The third-order valence-electron chi connectivity index (χ3n) is 5.72. The van der Waals surface area contributed by atoms with Gasteiger partial charge in [0.15, 0.2) is 11.5 Å². The van der Waals surface area contributed by atoms with E-state index in [1.54, 1.807) is 27.2 Å². The van der Waals surface area contributed by atoms with Gasteiger partial charge in [-0.15, -0.1) is 0 Å². The Kier molecular flexibility index (Phi) is 7.52. The highest BCUT2D eigenvalue weighted by molar-refractivity contribution is 5.87. The van der Waals surface area contributed by atoms with Crippen molar-refractivity contribution in [2.24, 2.45) is 11.8 Å². The van der Waals surface area contributed by atoms with Crippen molar-refractivity contribution in [2.45, 2.75) is 26.4 Å². The first-order valence-corrected chi connectivity index (χ1v) is 10.2. The van der Waals surface area contributed by atoms with Gasteiger partial charge < -0.3 is 18.9 Å². The van der Waals surface area contributed by atoms with Crippen LogP contribution in [0.5, 0.6) is 11.5 Å². The summed E-state index contributed by atoms with van der Waals surface area (Å²) in [6, 6.07) is 16.2. The van der Waals surface area contributed by atoms with E-state index in [-0.39, 0.29) is 23.9 Å². The van der Waals surface area contributed by atoms with E-state index in [1.807, 2.05) is 43.3 Å². The number of ether oxygens (including phenoxy) is 4. The summed E-state index contributed by atoms with van der Waals surface area (Å²) in [6.45, 7) is 4.51. The molecule has 0 spiro atoms. The van der Waals surface area contributed by atoms with Crippen LogP contribution in [0.2, 0.25) is 0 Å². The second-order valence-electron chi connectivity index (χ2n) is 7.55. The zero-order valence-electron chi connectivity index (χ0n) is 18.1. The lowest BCUT2D eigenvalue weighted by Crippen LogP contribution is -2.24. The number of allylic oxidation sites excluding steroid dienone is 1. The van der Waals surface area contributed by atoms with Crippen molar-refractivity contribution in [1.82, 2.24) is 0 Å². The Hall–Kier alpha value is -2.79. The fraction of sp³-hybridized carbons (Fsp3) is 0.400. The Labute approximate surface area is 178 Å². The molecule has 1 saturated heterocycles. The molecule has 160 valence electrons. The van der Waals surface area contributed by atoms with E-state index in [0.717, 1.165) is 12.0 Å². The molecule has 3 rings (SSSR count). The van der Waals surface area contributed by atoms with Gasteiger partial charge in [0.05, 0.1) is 33.5 Å². The van der Waals surface area contributed by atoms with Gasteiger partial charge in [-0.3, -0.25) is 0 Å². The number of benzene rings is 2. The lowest BCUT2D eigenvalue weighted by molar-refractivity contribution is -0.141. The number of carbonyl (C=O) groups is 1. The predicted octanol–water partition coefficient (Wildman–Crippen LogP) is 4.76. The van der Waals surface area contributed by atoms with Crippen LogP contribution in [0.25, 0.3) is 0 Å². The van der Waals surface area contributed by atoms with Crippen LogP contribution in [0.1, 0.15) is 31.1 Å². The minimum Gasteiger partial charge on any atom is -0.493 e. The van der Waals surface area contributed by atoms with Crippen LogP contribution < -0.4 is 9.47 Å². The third kappa shape index (κ3) is 5.03. The average Bonchev–Trinajstić information content (AvgIpc) is 3.19. The van der Waals surface area contributed by atoms with E-state index >= 15 is 0 Å². The average molecular weight is 411 g/mol. The third-order valence-corrected chi connectivity index (χ3v) is 5.72. The smallest absolute Gasteiger partial charge is 0.333 e. The Bertz CT molecular complexity index is 874. The summed E-state index contributed by atoms with van der Waals surface area (Å²) in [5.41, 5.74) is 2.85. The molecule has 0 radical (unpaired) electrons.